The molecule has 4 nitrogen and oxygen atoms in total. The fourth-order valence-electron chi connectivity index (χ4n) is 6.98. The minimum Gasteiger partial charge on any atom is -0.377 e. The van der Waals surface area contributed by atoms with Gasteiger partial charge in [0.05, 0.1) is 12.2 Å². The molecule has 0 spiro atoms. The number of likely N-dealkylation sites (N-methyl/N-ethyl adjacent to an activating group) is 2. The van der Waals surface area contributed by atoms with E-state index in [2.05, 4.69) is 51.6 Å². The summed E-state index contributed by atoms with van der Waals surface area (Å²) in [6.07, 6.45) is 3.47. The lowest BCUT2D eigenvalue weighted by molar-refractivity contribution is -0.161. The molecule has 0 unspecified atom stereocenters. The molecule has 4 heteroatoms. The summed E-state index contributed by atoms with van der Waals surface area (Å²) >= 11 is 0. The zero-order valence-corrected chi connectivity index (χ0v) is 16.4. The SMILES string of the molecule is CN(CCN(C)[C@@H]1[C@@H]2CCO[C@@H]2C1(C)C)[C@@H]1[C@@H]2CCO[C@@H]2C1(C)C. The molecule has 4 aliphatic rings. The summed E-state index contributed by atoms with van der Waals surface area (Å²) in [6.45, 7) is 13.8. The molecular weight excluding hydrogens is 300 g/mol. The first-order chi connectivity index (χ1) is 11.3. The van der Waals surface area contributed by atoms with Gasteiger partial charge in [0.1, 0.15) is 0 Å². The smallest absolute Gasteiger partial charge is 0.0685 e. The molecule has 2 saturated heterocycles. The molecule has 0 amide bonds. The molecule has 2 aliphatic carbocycles. The molecule has 2 aliphatic heterocycles. The minimum atomic E-state index is 0.300. The molecule has 6 atom stereocenters. The Bertz CT molecular complexity index is 448. The third-order valence-corrected chi connectivity index (χ3v) is 7.83. The van der Waals surface area contributed by atoms with E-state index in [1.54, 1.807) is 0 Å². The van der Waals surface area contributed by atoms with Crippen LogP contribution < -0.4 is 0 Å². The Hall–Kier alpha value is -0.160. The van der Waals surface area contributed by atoms with Gasteiger partial charge >= 0.3 is 0 Å². The summed E-state index contributed by atoms with van der Waals surface area (Å²) < 4.78 is 11.9. The molecule has 138 valence electrons. The van der Waals surface area contributed by atoms with E-state index in [1.807, 2.05) is 0 Å². The first-order valence-electron chi connectivity index (χ1n) is 9.90. The number of nitrogens with zero attached hydrogens (tertiary/aromatic N) is 2. The molecular formula is C20H36N2O2. The standard InChI is InChI=1S/C20H36N2O2/c1-19(2)15(13-7-11-23-17(13)19)21(5)9-10-22(6)16-14-8-12-24-18(14)20(16,3)4/h13-18H,7-12H2,1-6H3/t13-,14-,15+,16+,17-,18-/m0/s1. The normalized spacial score (nSPS) is 45.0. The second kappa shape index (κ2) is 5.67. The Balaban J connectivity index is 1.34. The molecule has 0 N–H and O–H groups in total. The lowest BCUT2D eigenvalue weighted by atomic mass is 9.56. The molecule has 0 aromatic carbocycles. The van der Waals surface area contributed by atoms with Crippen molar-refractivity contribution in [1.29, 1.82) is 0 Å². The Kier molecular flexibility index (Phi) is 4.08. The second-order valence-corrected chi connectivity index (χ2v) is 9.98. The largest absolute Gasteiger partial charge is 0.377 e. The van der Waals surface area contributed by atoms with Gasteiger partial charge in [0.25, 0.3) is 0 Å². The first-order valence-corrected chi connectivity index (χ1v) is 9.90. The molecule has 2 heterocycles. The van der Waals surface area contributed by atoms with Crippen molar-refractivity contribution < 1.29 is 9.47 Å². The minimum absolute atomic E-state index is 0.300. The fourth-order valence-corrected chi connectivity index (χ4v) is 6.98. The van der Waals surface area contributed by atoms with Crippen LogP contribution in [0.3, 0.4) is 0 Å². The van der Waals surface area contributed by atoms with E-state index in [1.165, 1.54) is 12.8 Å². The van der Waals surface area contributed by atoms with Gasteiger partial charge in [0, 0.05) is 61.1 Å². The van der Waals surface area contributed by atoms with Gasteiger partial charge in [0.15, 0.2) is 0 Å². The highest BCUT2D eigenvalue weighted by Crippen LogP contribution is 2.55. The van der Waals surface area contributed by atoms with Crippen molar-refractivity contribution in [2.75, 3.05) is 40.4 Å². The predicted molar refractivity (Wildman–Crippen MR) is 96.1 cm³/mol. The van der Waals surface area contributed by atoms with Crippen LogP contribution in [0.15, 0.2) is 0 Å². The molecule has 4 fully saturated rings. The second-order valence-electron chi connectivity index (χ2n) is 9.98. The van der Waals surface area contributed by atoms with E-state index in [-0.39, 0.29) is 0 Å². The van der Waals surface area contributed by atoms with Crippen LogP contribution in [0.4, 0.5) is 0 Å². The van der Waals surface area contributed by atoms with E-state index in [0.717, 1.165) is 38.1 Å². The van der Waals surface area contributed by atoms with E-state index in [9.17, 15) is 0 Å². The number of rotatable bonds is 5. The summed E-state index contributed by atoms with van der Waals surface area (Å²) in [5.41, 5.74) is 0.600. The van der Waals surface area contributed by atoms with Gasteiger partial charge in [0.2, 0.25) is 0 Å². The Morgan fingerprint density at radius 2 is 1.12 bits per heavy atom. The lowest BCUT2D eigenvalue weighted by Gasteiger charge is -2.59. The van der Waals surface area contributed by atoms with Crippen LogP contribution >= 0.6 is 0 Å². The average Bonchev–Trinajstić information content (AvgIpc) is 3.11. The molecule has 0 aromatic rings. The zero-order valence-electron chi connectivity index (χ0n) is 16.4. The number of fused-ring (bicyclic) bond motifs is 2. The Labute approximate surface area is 147 Å². The van der Waals surface area contributed by atoms with E-state index < -0.39 is 0 Å². The molecule has 0 radical (unpaired) electrons. The van der Waals surface area contributed by atoms with Crippen molar-refractivity contribution in [3.05, 3.63) is 0 Å². The lowest BCUT2D eigenvalue weighted by Crippen LogP contribution is -2.68. The van der Waals surface area contributed by atoms with Gasteiger partial charge in [-0.25, -0.2) is 0 Å². The van der Waals surface area contributed by atoms with Gasteiger partial charge in [-0.05, 0) is 26.9 Å². The van der Waals surface area contributed by atoms with Gasteiger partial charge in [-0.1, -0.05) is 27.7 Å². The first kappa shape index (κ1) is 17.3. The van der Waals surface area contributed by atoms with Gasteiger partial charge < -0.3 is 19.3 Å². The van der Waals surface area contributed by atoms with Crippen molar-refractivity contribution in [3.8, 4) is 0 Å². The molecule has 24 heavy (non-hydrogen) atoms. The van der Waals surface area contributed by atoms with Crippen molar-refractivity contribution in [2.24, 2.45) is 22.7 Å². The molecule has 0 bridgehead atoms. The van der Waals surface area contributed by atoms with E-state index >= 15 is 0 Å². The maximum Gasteiger partial charge on any atom is 0.0685 e. The quantitative estimate of drug-likeness (QED) is 0.770. The van der Waals surface area contributed by atoms with Crippen LogP contribution in [-0.4, -0.2) is 74.5 Å². The van der Waals surface area contributed by atoms with Crippen LogP contribution in [0, 0.1) is 22.7 Å². The maximum atomic E-state index is 5.96. The summed E-state index contributed by atoms with van der Waals surface area (Å²) in [5, 5.41) is 0. The fraction of sp³-hybridized carbons (Fsp3) is 1.00. The van der Waals surface area contributed by atoms with Crippen LogP contribution in [-0.2, 0) is 9.47 Å². The van der Waals surface area contributed by atoms with Crippen LogP contribution in [0.2, 0.25) is 0 Å². The maximum absolute atomic E-state index is 5.96. The summed E-state index contributed by atoms with van der Waals surface area (Å²) in [4.78, 5) is 5.22. The molecule has 4 rings (SSSR count). The third kappa shape index (κ3) is 2.26. The highest BCUT2D eigenvalue weighted by molar-refractivity contribution is 5.13. The number of ether oxygens (including phenoxy) is 2. The van der Waals surface area contributed by atoms with Gasteiger partial charge in [-0.15, -0.1) is 0 Å². The molecule has 0 aromatic heterocycles. The van der Waals surface area contributed by atoms with Crippen molar-refractivity contribution in [2.45, 2.75) is 64.8 Å². The Morgan fingerprint density at radius 3 is 1.50 bits per heavy atom. The topological polar surface area (TPSA) is 24.9 Å². The highest BCUT2D eigenvalue weighted by Gasteiger charge is 2.62. The van der Waals surface area contributed by atoms with Crippen LogP contribution in [0.1, 0.15) is 40.5 Å². The van der Waals surface area contributed by atoms with Gasteiger partial charge in [-0.2, -0.15) is 0 Å². The number of hydrogen-bond acceptors (Lipinski definition) is 4. The average molecular weight is 337 g/mol. The third-order valence-electron chi connectivity index (χ3n) is 7.83. The monoisotopic (exact) mass is 336 g/mol. The van der Waals surface area contributed by atoms with Crippen molar-refractivity contribution in [3.63, 3.8) is 0 Å². The van der Waals surface area contributed by atoms with Crippen LogP contribution in [0.5, 0.6) is 0 Å². The highest BCUT2D eigenvalue weighted by atomic mass is 16.5. The number of hydrogen-bond donors (Lipinski definition) is 0. The summed E-state index contributed by atoms with van der Waals surface area (Å²) in [7, 11) is 4.64. The van der Waals surface area contributed by atoms with Crippen molar-refractivity contribution >= 4 is 0 Å². The predicted octanol–water partition coefficient (Wildman–Crippen LogP) is 2.48. The van der Waals surface area contributed by atoms with Gasteiger partial charge in [-0.3, -0.25) is 0 Å². The summed E-state index contributed by atoms with van der Waals surface area (Å²) in [6, 6.07) is 1.35. The van der Waals surface area contributed by atoms with E-state index in [4.69, 9.17) is 9.47 Å². The molecule has 2 saturated carbocycles. The Morgan fingerprint density at radius 1 is 0.750 bits per heavy atom. The van der Waals surface area contributed by atoms with Crippen LogP contribution in [0.25, 0.3) is 0 Å². The van der Waals surface area contributed by atoms with E-state index in [0.29, 0.717) is 35.1 Å². The summed E-state index contributed by atoms with van der Waals surface area (Å²) in [5.74, 6) is 1.51. The zero-order chi connectivity index (χ0) is 17.3. The van der Waals surface area contributed by atoms with Crippen molar-refractivity contribution in [1.82, 2.24) is 9.80 Å².